The first kappa shape index (κ1) is 16.4. The molecule has 0 saturated carbocycles. The molecule has 1 amide bonds. The van der Waals surface area contributed by atoms with Gasteiger partial charge in [-0.2, -0.15) is 0 Å². The molecule has 1 saturated heterocycles. The Hall–Kier alpha value is -0.690. The molecular weight excluding hydrogens is 248 g/mol. The Morgan fingerprint density at radius 2 is 2.11 bits per heavy atom. The molecule has 0 aromatic carbocycles. The Morgan fingerprint density at radius 1 is 1.26 bits per heavy atom. The van der Waals surface area contributed by atoms with Gasteiger partial charge in [0.2, 0.25) is 5.91 Å². The molecule has 1 heterocycles. The van der Waals surface area contributed by atoms with E-state index in [1.165, 1.54) is 0 Å². The van der Waals surface area contributed by atoms with Crippen molar-refractivity contribution in [2.24, 2.45) is 0 Å². The number of ether oxygens (including phenoxy) is 3. The number of rotatable bonds is 10. The summed E-state index contributed by atoms with van der Waals surface area (Å²) in [4.78, 5) is 11.8. The van der Waals surface area contributed by atoms with Crippen LogP contribution in [0.1, 0.15) is 19.3 Å². The van der Waals surface area contributed by atoms with Gasteiger partial charge in [-0.05, 0) is 19.3 Å². The van der Waals surface area contributed by atoms with E-state index in [9.17, 15) is 4.79 Å². The second kappa shape index (κ2) is 10.1. The van der Waals surface area contributed by atoms with Crippen molar-refractivity contribution in [2.45, 2.75) is 31.4 Å². The summed E-state index contributed by atoms with van der Waals surface area (Å²) in [5.41, 5.74) is 0. The fourth-order valence-electron chi connectivity index (χ4n) is 1.99. The lowest BCUT2D eigenvalue weighted by molar-refractivity contribution is -0.122. The molecule has 0 spiro atoms. The van der Waals surface area contributed by atoms with Crippen LogP contribution in [-0.4, -0.2) is 65.2 Å². The highest BCUT2D eigenvalue weighted by atomic mass is 16.5. The standard InChI is InChI=1S/C13H26N2O4/c1-17-7-8-19-6-4-3-5-14-13(16)12-9-11(18-2)10-15-12/h11-12,15H,3-10H2,1-2H3,(H,14,16). The van der Waals surface area contributed by atoms with Crippen molar-refractivity contribution in [3.05, 3.63) is 0 Å². The molecule has 19 heavy (non-hydrogen) atoms. The normalized spacial score (nSPS) is 22.6. The van der Waals surface area contributed by atoms with E-state index in [0.29, 0.717) is 26.4 Å². The molecule has 1 aliphatic heterocycles. The van der Waals surface area contributed by atoms with Gasteiger partial charge in [0.15, 0.2) is 0 Å². The van der Waals surface area contributed by atoms with Crippen LogP contribution in [0.2, 0.25) is 0 Å². The topological polar surface area (TPSA) is 68.8 Å². The Labute approximate surface area is 115 Å². The summed E-state index contributed by atoms with van der Waals surface area (Å²) in [6.45, 7) is 3.43. The summed E-state index contributed by atoms with van der Waals surface area (Å²) in [5.74, 6) is 0.0693. The van der Waals surface area contributed by atoms with Crippen LogP contribution in [0, 0.1) is 0 Å². The predicted molar refractivity (Wildman–Crippen MR) is 72.1 cm³/mol. The van der Waals surface area contributed by atoms with Gasteiger partial charge < -0.3 is 24.8 Å². The monoisotopic (exact) mass is 274 g/mol. The minimum Gasteiger partial charge on any atom is -0.382 e. The second-order valence-electron chi connectivity index (χ2n) is 4.66. The SMILES string of the molecule is COCCOCCCCNC(=O)C1CC(OC)CN1. The summed E-state index contributed by atoms with van der Waals surface area (Å²) in [6, 6.07) is -0.108. The summed E-state index contributed by atoms with van der Waals surface area (Å²) in [6.07, 6.45) is 2.79. The van der Waals surface area contributed by atoms with Crippen molar-refractivity contribution >= 4 is 5.91 Å². The van der Waals surface area contributed by atoms with Gasteiger partial charge in [0, 0.05) is 33.9 Å². The fraction of sp³-hybridized carbons (Fsp3) is 0.923. The van der Waals surface area contributed by atoms with Gasteiger partial charge in [-0.1, -0.05) is 0 Å². The van der Waals surface area contributed by atoms with Crippen molar-refractivity contribution in [1.82, 2.24) is 10.6 Å². The first-order chi connectivity index (χ1) is 9.27. The van der Waals surface area contributed by atoms with Crippen LogP contribution in [-0.2, 0) is 19.0 Å². The molecule has 0 aromatic rings. The zero-order valence-electron chi connectivity index (χ0n) is 11.9. The number of amides is 1. The molecule has 6 nitrogen and oxygen atoms in total. The summed E-state index contributed by atoms with van der Waals surface area (Å²) in [7, 11) is 3.33. The van der Waals surface area contributed by atoms with E-state index in [0.717, 1.165) is 25.8 Å². The lowest BCUT2D eigenvalue weighted by Gasteiger charge is -2.11. The molecule has 2 N–H and O–H groups in total. The average molecular weight is 274 g/mol. The quantitative estimate of drug-likeness (QED) is 0.546. The van der Waals surface area contributed by atoms with Crippen LogP contribution in [0.4, 0.5) is 0 Å². The molecule has 0 radical (unpaired) electrons. The molecule has 1 aliphatic rings. The third-order valence-electron chi connectivity index (χ3n) is 3.19. The summed E-state index contributed by atoms with van der Waals surface area (Å²) >= 11 is 0. The van der Waals surface area contributed by atoms with Crippen molar-refractivity contribution in [3.8, 4) is 0 Å². The maximum atomic E-state index is 11.8. The number of hydrogen-bond acceptors (Lipinski definition) is 5. The van der Waals surface area contributed by atoms with Gasteiger partial charge in [0.25, 0.3) is 0 Å². The van der Waals surface area contributed by atoms with Gasteiger partial charge in [-0.15, -0.1) is 0 Å². The van der Waals surface area contributed by atoms with Gasteiger partial charge in [-0.25, -0.2) is 0 Å². The van der Waals surface area contributed by atoms with Crippen LogP contribution in [0.25, 0.3) is 0 Å². The largest absolute Gasteiger partial charge is 0.382 e. The highest BCUT2D eigenvalue weighted by Crippen LogP contribution is 2.09. The van der Waals surface area contributed by atoms with E-state index < -0.39 is 0 Å². The average Bonchev–Trinajstić information content (AvgIpc) is 2.90. The molecule has 2 unspecified atom stereocenters. The maximum Gasteiger partial charge on any atom is 0.237 e. The number of unbranched alkanes of at least 4 members (excludes halogenated alkanes) is 1. The first-order valence-electron chi connectivity index (χ1n) is 6.88. The van der Waals surface area contributed by atoms with E-state index in [-0.39, 0.29) is 18.1 Å². The van der Waals surface area contributed by atoms with E-state index >= 15 is 0 Å². The van der Waals surface area contributed by atoms with Crippen molar-refractivity contribution in [2.75, 3.05) is 47.1 Å². The minimum absolute atomic E-state index is 0.0693. The highest BCUT2D eigenvalue weighted by Gasteiger charge is 2.28. The van der Waals surface area contributed by atoms with Crippen molar-refractivity contribution < 1.29 is 19.0 Å². The predicted octanol–water partition coefficient (Wildman–Crippen LogP) is -0.0773. The van der Waals surface area contributed by atoms with E-state index in [1.807, 2.05) is 0 Å². The van der Waals surface area contributed by atoms with Gasteiger partial charge in [-0.3, -0.25) is 4.79 Å². The van der Waals surface area contributed by atoms with Crippen LogP contribution in [0.15, 0.2) is 0 Å². The molecule has 1 fully saturated rings. The third-order valence-corrected chi connectivity index (χ3v) is 3.19. The molecule has 0 aromatic heterocycles. The molecule has 0 bridgehead atoms. The fourth-order valence-corrected chi connectivity index (χ4v) is 1.99. The Bertz CT molecular complexity index is 251. The van der Waals surface area contributed by atoms with Crippen LogP contribution >= 0.6 is 0 Å². The molecule has 2 atom stereocenters. The Kier molecular flexibility index (Phi) is 8.73. The maximum absolute atomic E-state index is 11.8. The highest BCUT2D eigenvalue weighted by molar-refractivity contribution is 5.82. The number of carbonyl (C=O) groups excluding carboxylic acids is 1. The molecule has 0 aliphatic carbocycles. The number of methoxy groups -OCH3 is 2. The lowest BCUT2D eigenvalue weighted by atomic mass is 10.2. The Morgan fingerprint density at radius 3 is 2.79 bits per heavy atom. The lowest BCUT2D eigenvalue weighted by Crippen LogP contribution is -2.40. The zero-order valence-corrected chi connectivity index (χ0v) is 11.9. The third kappa shape index (κ3) is 6.87. The van der Waals surface area contributed by atoms with Crippen LogP contribution < -0.4 is 10.6 Å². The van der Waals surface area contributed by atoms with Crippen LogP contribution in [0.5, 0.6) is 0 Å². The van der Waals surface area contributed by atoms with Crippen molar-refractivity contribution in [3.63, 3.8) is 0 Å². The molecule has 112 valence electrons. The minimum atomic E-state index is -0.108. The van der Waals surface area contributed by atoms with Gasteiger partial charge in [0.1, 0.15) is 0 Å². The van der Waals surface area contributed by atoms with Crippen molar-refractivity contribution in [1.29, 1.82) is 0 Å². The zero-order chi connectivity index (χ0) is 13.9. The van der Waals surface area contributed by atoms with E-state index in [1.54, 1.807) is 14.2 Å². The first-order valence-corrected chi connectivity index (χ1v) is 6.88. The van der Waals surface area contributed by atoms with E-state index in [4.69, 9.17) is 14.2 Å². The summed E-state index contributed by atoms with van der Waals surface area (Å²) in [5, 5.41) is 6.09. The number of nitrogens with one attached hydrogen (secondary N) is 2. The van der Waals surface area contributed by atoms with Gasteiger partial charge >= 0.3 is 0 Å². The van der Waals surface area contributed by atoms with Gasteiger partial charge in [0.05, 0.1) is 25.4 Å². The molecule has 1 rings (SSSR count). The smallest absolute Gasteiger partial charge is 0.237 e. The second-order valence-corrected chi connectivity index (χ2v) is 4.66. The van der Waals surface area contributed by atoms with Crippen LogP contribution in [0.3, 0.4) is 0 Å². The number of hydrogen-bond donors (Lipinski definition) is 2. The van der Waals surface area contributed by atoms with E-state index in [2.05, 4.69) is 10.6 Å². The molecular formula is C13H26N2O4. The molecule has 6 heteroatoms. The summed E-state index contributed by atoms with van der Waals surface area (Å²) < 4.78 is 15.4. The number of carbonyl (C=O) groups is 1. The Balaban J connectivity index is 1.93.